The van der Waals surface area contributed by atoms with Crippen LogP contribution in [0.15, 0.2) is 0 Å². The zero-order chi connectivity index (χ0) is 12.3. The Bertz CT molecular complexity index is 253. The lowest BCUT2D eigenvalue weighted by atomic mass is 10.1. The number of halogens is 1. The zero-order valence-electron chi connectivity index (χ0n) is 9.72. The van der Waals surface area contributed by atoms with Crippen molar-refractivity contribution in [1.82, 2.24) is 0 Å². The number of esters is 2. The Balaban J connectivity index is 4.59. The average molecular weight is 220 g/mol. The van der Waals surface area contributed by atoms with Gasteiger partial charge in [-0.05, 0) is 34.6 Å². The Labute approximate surface area is 88.7 Å². The molecule has 0 aromatic rings. The molecule has 15 heavy (non-hydrogen) atoms. The third-order valence-electron chi connectivity index (χ3n) is 1.44. The van der Waals surface area contributed by atoms with Crippen LogP contribution in [0.3, 0.4) is 0 Å². The van der Waals surface area contributed by atoms with Crippen LogP contribution in [-0.4, -0.2) is 29.8 Å². The second-order valence-electron chi connectivity index (χ2n) is 4.23. The monoisotopic (exact) mass is 220 g/mol. The van der Waals surface area contributed by atoms with Gasteiger partial charge in [-0.1, -0.05) is 0 Å². The smallest absolute Gasteiger partial charge is 0.356 e. The van der Waals surface area contributed by atoms with Crippen LogP contribution in [0, 0.1) is 0 Å². The van der Waals surface area contributed by atoms with Crippen molar-refractivity contribution < 1.29 is 23.5 Å². The van der Waals surface area contributed by atoms with E-state index in [0.717, 1.165) is 6.92 Å². The molecule has 0 heterocycles. The van der Waals surface area contributed by atoms with Crippen LogP contribution in [0.1, 0.15) is 34.6 Å². The van der Waals surface area contributed by atoms with Crippen LogP contribution in [0.5, 0.6) is 0 Å². The number of alkyl halides is 1. The van der Waals surface area contributed by atoms with E-state index in [1.165, 1.54) is 6.92 Å². The number of hydrogen-bond donors (Lipinski definition) is 0. The number of carbonyl (C=O) groups is 2. The summed E-state index contributed by atoms with van der Waals surface area (Å²) in [5, 5.41) is 0. The van der Waals surface area contributed by atoms with Gasteiger partial charge in [-0.3, -0.25) is 0 Å². The van der Waals surface area contributed by atoms with Crippen LogP contribution in [0.2, 0.25) is 0 Å². The molecule has 0 amide bonds. The van der Waals surface area contributed by atoms with Crippen LogP contribution >= 0.6 is 0 Å². The molecule has 0 aliphatic heterocycles. The van der Waals surface area contributed by atoms with Gasteiger partial charge in [-0.2, -0.15) is 0 Å². The van der Waals surface area contributed by atoms with E-state index < -0.39 is 23.2 Å². The molecule has 0 aliphatic rings. The Kier molecular flexibility index (Phi) is 4.25. The molecule has 0 aromatic carbocycles. The summed E-state index contributed by atoms with van der Waals surface area (Å²) in [6.07, 6.45) is 0. The summed E-state index contributed by atoms with van der Waals surface area (Å²) in [7, 11) is 0. The molecule has 0 spiro atoms. The maximum atomic E-state index is 13.6. The first-order chi connectivity index (χ1) is 6.61. The summed E-state index contributed by atoms with van der Waals surface area (Å²) in [6, 6.07) is 0. The van der Waals surface area contributed by atoms with Crippen molar-refractivity contribution in [3.05, 3.63) is 0 Å². The van der Waals surface area contributed by atoms with E-state index in [9.17, 15) is 14.0 Å². The van der Waals surface area contributed by atoms with Gasteiger partial charge in [0.2, 0.25) is 0 Å². The Hall–Kier alpha value is -1.13. The zero-order valence-corrected chi connectivity index (χ0v) is 9.72. The fraction of sp³-hybridized carbons (Fsp3) is 0.800. The Morgan fingerprint density at radius 2 is 1.60 bits per heavy atom. The Morgan fingerprint density at radius 1 is 1.13 bits per heavy atom. The third-order valence-corrected chi connectivity index (χ3v) is 1.44. The molecule has 0 saturated carbocycles. The van der Waals surface area contributed by atoms with Gasteiger partial charge >= 0.3 is 11.9 Å². The van der Waals surface area contributed by atoms with E-state index in [-0.39, 0.29) is 6.61 Å². The van der Waals surface area contributed by atoms with E-state index in [1.807, 2.05) is 0 Å². The van der Waals surface area contributed by atoms with E-state index in [4.69, 9.17) is 4.74 Å². The first-order valence-corrected chi connectivity index (χ1v) is 4.71. The first-order valence-electron chi connectivity index (χ1n) is 4.71. The molecule has 0 saturated heterocycles. The van der Waals surface area contributed by atoms with Crippen LogP contribution in [0.4, 0.5) is 4.39 Å². The SMILES string of the molecule is CCOC(=O)C(C)(F)C(=O)OC(C)(C)C. The minimum Gasteiger partial charge on any atom is -0.463 e. The first kappa shape index (κ1) is 13.9. The predicted molar refractivity (Wildman–Crippen MR) is 52.0 cm³/mol. The van der Waals surface area contributed by atoms with E-state index in [1.54, 1.807) is 20.8 Å². The molecule has 5 heteroatoms. The van der Waals surface area contributed by atoms with Crippen LogP contribution < -0.4 is 0 Å². The van der Waals surface area contributed by atoms with Crippen molar-refractivity contribution in [3.8, 4) is 0 Å². The second-order valence-corrected chi connectivity index (χ2v) is 4.23. The average Bonchev–Trinajstić information content (AvgIpc) is 2.01. The predicted octanol–water partition coefficient (Wildman–Crippen LogP) is 1.62. The molecular formula is C10H17FO4. The van der Waals surface area contributed by atoms with Gasteiger partial charge in [0.05, 0.1) is 6.61 Å². The van der Waals surface area contributed by atoms with Crippen molar-refractivity contribution in [2.45, 2.75) is 45.9 Å². The summed E-state index contributed by atoms with van der Waals surface area (Å²) in [4.78, 5) is 22.4. The van der Waals surface area contributed by atoms with Gasteiger partial charge in [-0.25, -0.2) is 14.0 Å². The fourth-order valence-electron chi connectivity index (χ4n) is 0.724. The van der Waals surface area contributed by atoms with Gasteiger partial charge in [0, 0.05) is 0 Å². The Morgan fingerprint density at radius 3 is 1.93 bits per heavy atom. The highest BCUT2D eigenvalue weighted by Crippen LogP contribution is 2.19. The molecule has 0 fully saturated rings. The molecule has 0 radical (unpaired) electrons. The number of rotatable bonds is 3. The summed E-state index contributed by atoms with van der Waals surface area (Å²) < 4.78 is 22.8. The van der Waals surface area contributed by atoms with Crippen molar-refractivity contribution in [2.24, 2.45) is 0 Å². The maximum Gasteiger partial charge on any atom is 0.356 e. The summed E-state index contributed by atoms with van der Waals surface area (Å²) in [5.74, 6) is -2.45. The highest BCUT2D eigenvalue weighted by atomic mass is 19.1. The van der Waals surface area contributed by atoms with Gasteiger partial charge < -0.3 is 9.47 Å². The lowest BCUT2D eigenvalue weighted by molar-refractivity contribution is -0.180. The minimum atomic E-state index is -2.75. The number of carbonyl (C=O) groups excluding carboxylic acids is 2. The van der Waals surface area contributed by atoms with Gasteiger partial charge in [0.25, 0.3) is 5.67 Å². The summed E-state index contributed by atoms with van der Waals surface area (Å²) in [5.41, 5.74) is -3.58. The minimum absolute atomic E-state index is 0.0150. The molecule has 0 rings (SSSR count). The largest absolute Gasteiger partial charge is 0.463 e. The maximum absolute atomic E-state index is 13.6. The molecule has 0 aliphatic carbocycles. The molecule has 88 valence electrons. The van der Waals surface area contributed by atoms with Crippen LogP contribution in [-0.2, 0) is 19.1 Å². The molecule has 0 N–H and O–H groups in total. The normalized spacial score (nSPS) is 15.3. The quantitative estimate of drug-likeness (QED) is 0.535. The second kappa shape index (κ2) is 4.59. The number of hydrogen-bond acceptors (Lipinski definition) is 4. The lowest BCUT2D eigenvalue weighted by Crippen LogP contribution is -2.44. The molecule has 1 atom stereocenters. The highest BCUT2D eigenvalue weighted by Gasteiger charge is 2.46. The van der Waals surface area contributed by atoms with Gasteiger partial charge in [0.15, 0.2) is 0 Å². The van der Waals surface area contributed by atoms with Gasteiger partial charge in [-0.15, -0.1) is 0 Å². The van der Waals surface area contributed by atoms with Crippen molar-refractivity contribution in [2.75, 3.05) is 6.61 Å². The topological polar surface area (TPSA) is 52.6 Å². The lowest BCUT2D eigenvalue weighted by Gasteiger charge is -2.24. The van der Waals surface area contributed by atoms with Crippen molar-refractivity contribution in [1.29, 1.82) is 0 Å². The van der Waals surface area contributed by atoms with E-state index >= 15 is 0 Å². The molecule has 0 bridgehead atoms. The molecule has 4 nitrogen and oxygen atoms in total. The van der Waals surface area contributed by atoms with Crippen molar-refractivity contribution in [3.63, 3.8) is 0 Å². The molecular weight excluding hydrogens is 203 g/mol. The highest BCUT2D eigenvalue weighted by molar-refractivity contribution is 6.03. The van der Waals surface area contributed by atoms with Crippen LogP contribution in [0.25, 0.3) is 0 Å². The van der Waals surface area contributed by atoms with E-state index in [0.29, 0.717) is 0 Å². The van der Waals surface area contributed by atoms with Gasteiger partial charge in [0.1, 0.15) is 5.60 Å². The molecule has 1 unspecified atom stereocenters. The third kappa shape index (κ3) is 4.27. The fourth-order valence-corrected chi connectivity index (χ4v) is 0.724. The standard InChI is InChI=1S/C10H17FO4/c1-6-14-7(12)10(5,11)8(13)15-9(2,3)4/h6H2,1-5H3. The summed E-state index contributed by atoms with van der Waals surface area (Å²) in [6.45, 7) is 7.15. The summed E-state index contributed by atoms with van der Waals surface area (Å²) >= 11 is 0. The number of ether oxygens (including phenoxy) is 2. The molecule has 0 aromatic heterocycles. The van der Waals surface area contributed by atoms with Crippen molar-refractivity contribution >= 4 is 11.9 Å². The van der Waals surface area contributed by atoms with E-state index in [2.05, 4.69) is 4.74 Å².